The molecule has 0 bridgehead atoms. The van der Waals surface area contributed by atoms with Crippen LogP contribution < -0.4 is 10.2 Å². The maximum atomic E-state index is 12.4. The topological polar surface area (TPSA) is 87.3 Å². The van der Waals surface area contributed by atoms with Crippen molar-refractivity contribution in [3.63, 3.8) is 0 Å². The molecule has 27 heavy (non-hydrogen) atoms. The SMILES string of the molecule is CCc1[nH]c(C(=O)NC2CCN(c3cccc(C(=O)OC)c3)CC2)nc1Cl. The standard InChI is InChI=1S/C19H23ClN4O3/c1-3-15-16(20)23-17(22-15)18(25)21-13-7-9-24(10-8-13)14-6-4-5-12(11-14)19(26)27-2/h4-6,11,13H,3,7-10H2,1-2H3,(H,21,25)(H,22,23). The molecule has 1 saturated heterocycles. The van der Waals surface area contributed by atoms with Gasteiger partial charge in [0.25, 0.3) is 5.91 Å². The zero-order chi connectivity index (χ0) is 19.4. The van der Waals surface area contributed by atoms with Gasteiger partial charge in [0.1, 0.15) is 0 Å². The number of methoxy groups -OCH3 is 1. The summed E-state index contributed by atoms with van der Waals surface area (Å²) in [5.41, 5.74) is 2.28. The van der Waals surface area contributed by atoms with Gasteiger partial charge in [-0.25, -0.2) is 9.78 Å². The molecule has 7 nitrogen and oxygen atoms in total. The molecule has 1 aromatic carbocycles. The molecule has 1 amide bonds. The highest BCUT2D eigenvalue weighted by atomic mass is 35.5. The van der Waals surface area contributed by atoms with E-state index in [-0.39, 0.29) is 23.7 Å². The van der Waals surface area contributed by atoms with Crippen LogP contribution in [-0.2, 0) is 11.2 Å². The van der Waals surface area contributed by atoms with Gasteiger partial charge in [-0.3, -0.25) is 4.79 Å². The van der Waals surface area contributed by atoms with Crippen LogP contribution in [0, 0.1) is 0 Å². The number of hydrogen-bond acceptors (Lipinski definition) is 5. The van der Waals surface area contributed by atoms with Crippen LogP contribution in [0.15, 0.2) is 24.3 Å². The van der Waals surface area contributed by atoms with E-state index in [4.69, 9.17) is 16.3 Å². The van der Waals surface area contributed by atoms with Crippen LogP contribution in [0.4, 0.5) is 5.69 Å². The summed E-state index contributed by atoms with van der Waals surface area (Å²) in [4.78, 5) is 33.3. The number of aromatic amines is 1. The summed E-state index contributed by atoms with van der Waals surface area (Å²) in [7, 11) is 1.37. The summed E-state index contributed by atoms with van der Waals surface area (Å²) in [6.45, 7) is 3.52. The van der Waals surface area contributed by atoms with Crippen molar-refractivity contribution in [3.8, 4) is 0 Å². The second-order valence-corrected chi connectivity index (χ2v) is 6.84. The Bertz CT molecular complexity index is 828. The number of imidazole rings is 1. The molecule has 2 N–H and O–H groups in total. The first-order chi connectivity index (χ1) is 13.0. The largest absolute Gasteiger partial charge is 0.465 e. The summed E-state index contributed by atoms with van der Waals surface area (Å²) < 4.78 is 4.78. The molecular formula is C19H23ClN4O3. The molecule has 0 atom stereocenters. The first kappa shape index (κ1) is 19.2. The second-order valence-electron chi connectivity index (χ2n) is 6.49. The maximum Gasteiger partial charge on any atom is 0.337 e. The van der Waals surface area contributed by atoms with Crippen molar-refractivity contribution >= 4 is 29.2 Å². The molecule has 2 heterocycles. The Balaban J connectivity index is 1.57. The van der Waals surface area contributed by atoms with Gasteiger partial charge in [0.05, 0.1) is 18.4 Å². The van der Waals surface area contributed by atoms with Crippen molar-refractivity contribution in [3.05, 3.63) is 46.5 Å². The van der Waals surface area contributed by atoms with E-state index in [1.54, 1.807) is 6.07 Å². The van der Waals surface area contributed by atoms with Crippen LogP contribution in [0.3, 0.4) is 0 Å². The molecule has 0 saturated carbocycles. The molecule has 0 spiro atoms. The average Bonchev–Trinajstić information content (AvgIpc) is 3.09. The third-order valence-electron chi connectivity index (χ3n) is 4.76. The number of nitrogens with zero attached hydrogens (tertiary/aromatic N) is 2. The molecule has 0 radical (unpaired) electrons. The minimum Gasteiger partial charge on any atom is -0.465 e. The first-order valence-corrected chi connectivity index (χ1v) is 9.38. The highest BCUT2D eigenvalue weighted by Crippen LogP contribution is 2.22. The summed E-state index contributed by atoms with van der Waals surface area (Å²) in [5, 5.41) is 3.37. The number of carbonyl (C=O) groups excluding carboxylic acids is 2. The molecule has 1 aliphatic rings. The maximum absolute atomic E-state index is 12.4. The van der Waals surface area contributed by atoms with E-state index in [0.29, 0.717) is 17.1 Å². The van der Waals surface area contributed by atoms with Crippen LogP contribution in [-0.4, -0.2) is 48.1 Å². The fraction of sp³-hybridized carbons (Fsp3) is 0.421. The minimum atomic E-state index is -0.345. The number of piperidine rings is 1. The Morgan fingerprint density at radius 3 is 2.74 bits per heavy atom. The second kappa shape index (κ2) is 8.43. The summed E-state index contributed by atoms with van der Waals surface area (Å²) in [6, 6.07) is 7.47. The van der Waals surface area contributed by atoms with Gasteiger partial charge in [-0.05, 0) is 37.5 Å². The number of benzene rings is 1. The van der Waals surface area contributed by atoms with Crippen molar-refractivity contribution in [2.24, 2.45) is 0 Å². The third-order valence-corrected chi connectivity index (χ3v) is 5.07. The number of nitrogens with one attached hydrogen (secondary N) is 2. The van der Waals surface area contributed by atoms with Crippen LogP contribution >= 0.6 is 11.6 Å². The number of anilines is 1. The fourth-order valence-electron chi connectivity index (χ4n) is 3.21. The molecule has 1 aromatic heterocycles. The van der Waals surface area contributed by atoms with E-state index >= 15 is 0 Å². The molecule has 1 fully saturated rings. The van der Waals surface area contributed by atoms with E-state index in [2.05, 4.69) is 20.2 Å². The number of aromatic nitrogens is 2. The lowest BCUT2D eigenvalue weighted by molar-refractivity contribution is 0.0600. The van der Waals surface area contributed by atoms with Crippen molar-refractivity contribution in [2.45, 2.75) is 32.2 Å². The zero-order valence-electron chi connectivity index (χ0n) is 15.4. The summed E-state index contributed by atoms with van der Waals surface area (Å²) >= 11 is 6.00. The Kier molecular flexibility index (Phi) is 6.01. The number of H-pyrrole nitrogens is 1. The van der Waals surface area contributed by atoms with Crippen molar-refractivity contribution in [1.82, 2.24) is 15.3 Å². The number of aryl methyl sites for hydroxylation is 1. The first-order valence-electron chi connectivity index (χ1n) is 9.00. The molecule has 3 rings (SSSR count). The summed E-state index contributed by atoms with van der Waals surface area (Å²) in [6.07, 6.45) is 2.31. The van der Waals surface area contributed by atoms with Gasteiger partial charge in [0, 0.05) is 24.8 Å². The normalized spacial score (nSPS) is 14.9. The number of hydrogen-bond donors (Lipinski definition) is 2. The van der Waals surface area contributed by atoms with Gasteiger partial charge >= 0.3 is 5.97 Å². The lowest BCUT2D eigenvalue weighted by atomic mass is 10.0. The van der Waals surface area contributed by atoms with Crippen LogP contribution in [0.5, 0.6) is 0 Å². The van der Waals surface area contributed by atoms with Crippen molar-refractivity contribution in [1.29, 1.82) is 0 Å². The molecule has 8 heteroatoms. The Morgan fingerprint density at radius 1 is 1.37 bits per heavy atom. The average molecular weight is 391 g/mol. The zero-order valence-corrected chi connectivity index (χ0v) is 16.2. The molecular weight excluding hydrogens is 368 g/mol. The molecule has 0 unspecified atom stereocenters. The number of halogens is 1. The lowest BCUT2D eigenvalue weighted by Gasteiger charge is -2.34. The minimum absolute atomic E-state index is 0.0755. The van der Waals surface area contributed by atoms with E-state index in [0.717, 1.165) is 37.3 Å². The Morgan fingerprint density at radius 2 is 2.11 bits per heavy atom. The Labute approximate surface area is 163 Å². The van der Waals surface area contributed by atoms with Crippen molar-refractivity contribution in [2.75, 3.05) is 25.1 Å². The van der Waals surface area contributed by atoms with Crippen molar-refractivity contribution < 1.29 is 14.3 Å². The van der Waals surface area contributed by atoms with Crippen LogP contribution in [0.25, 0.3) is 0 Å². The van der Waals surface area contributed by atoms with Crippen LogP contribution in [0.2, 0.25) is 5.15 Å². The smallest absolute Gasteiger partial charge is 0.337 e. The monoisotopic (exact) mass is 390 g/mol. The summed E-state index contributed by atoms with van der Waals surface area (Å²) in [5.74, 6) is -0.324. The van der Waals surface area contributed by atoms with Gasteiger partial charge < -0.3 is 19.9 Å². The predicted molar refractivity (Wildman–Crippen MR) is 103 cm³/mol. The van der Waals surface area contributed by atoms with Gasteiger partial charge in [0.2, 0.25) is 0 Å². The van der Waals surface area contributed by atoms with E-state index in [1.807, 2.05) is 25.1 Å². The molecule has 1 aliphatic heterocycles. The molecule has 144 valence electrons. The number of carbonyl (C=O) groups is 2. The van der Waals surface area contributed by atoms with Gasteiger partial charge in [-0.15, -0.1) is 0 Å². The fourth-order valence-corrected chi connectivity index (χ4v) is 3.48. The van der Waals surface area contributed by atoms with Gasteiger partial charge in [0.15, 0.2) is 11.0 Å². The number of rotatable bonds is 5. The number of amides is 1. The van der Waals surface area contributed by atoms with Crippen LogP contribution in [0.1, 0.15) is 46.4 Å². The number of ether oxygens (including phenoxy) is 1. The highest BCUT2D eigenvalue weighted by molar-refractivity contribution is 6.30. The Hall–Kier alpha value is -2.54. The quantitative estimate of drug-likeness (QED) is 0.766. The third kappa shape index (κ3) is 4.42. The van der Waals surface area contributed by atoms with Gasteiger partial charge in [-0.2, -0.15) is 0 Å². The molecule has 2 aromatic rings. The van der Waals surface area contributed by atoms with E-state index in [1.165, 1.54) is 7.11 Å². The van der Waals surface area contributed by atoms with E-state index in [9.17, 15) is 9.59 Å². The predicted octanol–water partition coefficient (Wildman–Crippen LogP) is 2.81. The highest BCUT2D eigenvalue weighted by Gasteiger charge is 2.23. The van der Waals surface area contributed by atoms with E-state index < -0.39 is 0 Å². The lowest BCUT2D eigenvalue weighted by Crippen LogP contribution is -2.45. The molecule has 0 aliphatic carbocycles. The van der Waals surface area contributed by atoms with Gasteiger partial charge in [-0.1, -0.05) is 24.6 Å². The number of esters is 1.